The second-order valence-corrected chi connectivity index (χ2v) is 4.68. The van der Waals surface area contributed by atoms with Crippen molar-refractivity contribution in [1.82, 2.24) is 0 Å². The Kier molecular flexibility index (Phi) is 4.75. The van der Waals surface area contributed by atoms with Crippen LogP contribution < -0.4 is 10.6 Å². The van der Waals surface area contributed by atoms with Crippen LogP contribution in [0, 0.1) is 11.6 Å². The highest BCUT2D eigenvalue weighted by atomic mass is 35.5. The van der Waals surface area contributed by atoms with Gasteiger partial charge in [-0.2, -0.15) is 0 Å². The van der Waals surface area contributed by atoms with Crippen molar-refractivity contribution in [1.29, 1.82) is 0 Å². The molecule has 0 spiro atoms. The van der Waals surface area contributed by atoms with Crippen LogP contribution in [0.2, 0.25) is 5.02 Å². The maximum absolute atomic E-state index is 13.7. The van der Waals surface area contributed by atoms with E-state index in [2.05, 4.69) is 10.6 Å². The van der Waals surface area contributed by atoms with Gasteiger partial charge in [0, 0.05) is 12.2 Å². The van der Waals surface area contributed by atoms with Gasteiger partial charge >= 0.3 is 0 Å². The number of para-hydroxylation sites is 1. The Balaban J connectivity index is 2.28. The SMILES string of the molecule is CCNc1c(F)cccc1C(=O)Nc1ccc(F)c(Cl)c1. The Morgan fingerprint density at radius 3 is 2.62 bits per heavy atom. The second kappa shape index (κ2) is 6.54. The molecule has 21 heavy (non-hydrogen) atoms. The zero-order valence-electron chi connectivity index (χ0n) is 11.2. The molecule has 0 atom stereocenters. The zero-order chi connectivity index (χ0) is 15.4. The van der Waals surface area contributed by atoms with E-state index in [9.17, 15) is 13.6 Å². The lowest BCUT2D eigenvalue weighted by molar-refractivity contribution is 0.102. The molecular formula is C15H13ClF2N2O. The summed E-state index contributed by atoms with van der Waals surface area (Å²) in [6.45, 7) is 2.28. The van der Waals surface area contributed by atoms with Crippen LogP contribution in [0.5, 0.6) is 0 Å². The smallest absolute Gasteiger partial charge is 0.257 e. The lowest BCUT2D eigenvalue weighted by Crippen LogP contribution is -2.15. The number of hydrogen-bond donors (Lipinski definition) is 2. The summed E-state index contributed by atoms with van der Waals surface area (Å²) in [5, 5.41) is 5.27. The van der Waals surface area contributed by atoms with E-state index in [0.29, 0.717) is 12.2 Å². The van der Waals surface area contributed by atoms with E-state index in [0.717, 1.165) is 6.07 Å². The van der Waals surface area contributed by atoms with Crippen molar-refractivity contribution in [2.45, 2.75) is 6.92 Å². The van der Waals surface area contributed by atoms with Crippen LogP contribution in [0.3, 0.4) is 0 Å². The first-order chi connectivity index (χ1) is 10.0. The van der Waals surface area contributed by atoms with Gasteiger partial charge in [0.15, 0.2) is 0 Å². The van der Waals surface area contributed by atoms with Gasteiger partial charge in [-0.25, -0.2) is 8.78 Å². The lowest BCUT2D eigenvalue weighted by atomic mass is 10.1. The Bertz CT molecular complexity index is 677. The summed E-state index contributed by atoms with van der Waals surface area (Å²) in [5.41, 5.74) is 0.626. The standard InChI is InChI=1S/C15H13ClF2N2O/c1-2-19-14-10(4-3-5-13(14)18)15(21)20-9-6-7-12(17)11(16)8-9/h3-8,19H,2H2,1H3,(H,20,21). The van der Waals surface area contributed by atoms with Crippen LogP contribution in [-0.2, 0) is 0 Å². The zero-order valence-corrected chi connectivity index (χ0v) is 12.0. The summed E-state index contributed by atoms with van der Waals surface area (Å²) in [7, 11) is 0. The molecule has 0 bridgehead atoms. The summed E-state index contributed by atoms with van der Waals surface area (Å²) in [4.78, 5) is 12.2. The predicted molar refractivity (Wildman–Crippen MR) is 79.9 cm³/mol. The van der Waals surface area contributed by atoms with Gasteiger partial charge in [0.25, 0.3) is 5.91 Å². The Morgan fingerprint density at radius 1 is 1.19 bits per heavy atom. The molecule has 6 heteroatoms. The van der Waals surface area contributed by atoms with E-state index >= 15 is 0 Å². The Morgan fingerprint density at radius 2 is 1.95 bits per heavy atom. The first-order valence-corrected chi connectivity index (χ1v) is 6.69. The molecule has 2 rings (SSSR count). The molecule has 0 aliphatic heterocycles. The number of amides is 1. The van der Waals surface area contributed by atoms with Crippen molar-refractivity contribution in [2.24, 2.45) is 0 Å². The van der Waals surface area contributed by atoms with Crippen LogP contribution in [0.25, 0.3) is 0 Å². The normalized spacial score (nSPS) is 10.3. The van der Waals surface area contributed by atoms with Gasteiger partial charge in [-0.05, 0) is 37.3 Å². The highest BCUT2D eigenvalue weighted by Gasteiger charge is 2.15. The molecule has 0 aliphatic carbocycles. The average molecular weight is 311 g/mol. The third-order valence-corrected chi connectivity index (χ3v) is 3.08. The molecule has 2 N–H and O–H groups in total. The van der Waals surface area contributed by atoms with Crippen LogP contribution in [0.4, 0.5) is 20.2 Å². The van der Waals surface area contributed by atoms with Crippen molar-refractivity contribution in [2.75, 3.05) is 17.2 Å². The summed E-state index contributed by atoms with van der Waals surface area (Å²) in [6, 6.07) is 8.04. The third kappa shape index (κ3) is 3.49. The largest absolute Gasteiger partial charge is 0.382 e. The first kappa shape index (κ1) is 15.3. The third-order valence-electron chi connectivity index (χ3n) is 2.79. The van der Waals surface area contributed by atoms with E-state index in [1.165, 1.54) is 30.3 Å². The van der Waals surface area contributed by atoms with Gasteiger partial charge in [0.05, 0.1) is 16.3 Å². The first-order valence-electron chi connectivity index (χ1n) is 6.31. The maximum Gasteiger partial charge on any atom is 0.257 e. The lowest BCUT2D eigenvalue weighted by Gasteiger charge is -2.12. The van der Waals surface area contributed by atoms with Gasteiger partial charge in [-0.15, -0.1) is 0 Å². The minimum atomic E-state index is -0.575. The fourth-order valence-corrected chi connectivity index (χ4v) is 2.02. The molecule has 0 aliphatic rings. The van der Waals surface area contributed by atoms with Gasteiger partial charge in [-0.3, -0.25) is 4.79 Å². The van der Waals surface area contributed by atoms with E-state index in [4.69, 9.17) is 11.6 Å². The summed E-state index contributed by atoms with van der Waals surface area (Å²) in [5.74, 6) is -1.59. The van der Waals surface area contributed by atoms with Crippen molar-refractivity contribution in [3.8, 4) is 0 Å². The Labute approximate surface area is 125 Å². The average Bonchev–Trinajstić information content (AvgIpc) is 2.45. The molecule has 0 radical (unpaired) electrons. The van der Waals surface area contributed by atoms with E-state index in [1.54, 1.807) is 6.92 Å². The van der Waals surface area contributed by atoms with Crippen LogP contribution in [0.1, 0.15) is 17.3 Å². The highest BCUT2D eigenvalue weighted by molar-refractivity contribution is 6.31. The van der Waals surface area contributed by atoms with E-state index < -0.39 is 17.5 Å². The van der Waals surface area contributed by atoms with Crippen molar-refractivity contribution in [3.63, 3.8) is 0 Å². The summed E-state index contributed by atoms with van der Waals surface area (Å²) < 4.78 is 26.8. The molecule has 0 saturated carbocycles. The van der Waals surface area contributed by atoms with E-state index in [-0.39, 0.29) is 16.3 Å². The molecule has 0 aromatic heterocycles. The summed E-state index contributed by atoms with van der Waals surface area (Å²) >= 11 is 5.65. The van der Waals surface area contributed by atoms with Crippen molar-refractivity contribution >= 4 is 28.9 Å². The number of halogens is 3. The summed E-state index contributed by atoms with van der Waals surface area (Å²) in [6.07, 6.45) is 0. The molecule has 0 saturated heterocycles. The Hall–Kier alpha value is -2.14. The molecule has 110 valence electrons. The monoisotopic (exact) mass is 310 g/mol. The molecule has 0 unspecified atom stereocenters. The van der Waals surface area contributed by atoms with Crippen LogP contribution in [0.15, 0.2) is 36.4 Å². The van der Waals surface area contributed by atoms with Crippen molar-refractivity contribution in [3.05, 3.63) is 58.6 Å². The van der Waals surface area contributed by atoms with Gasteiger partial charge in [0.2, 0.25) is 0 Å². The molecular weight excluding hydrogens is 298 g/mol. The number of benzene rings is 2. The van der Waals surface area contributed by atoms with Crippen LogP contribution in [-0.4, -0.2) is 12.5 Å². The van der Waals surface area contributed by atoms with Gasteiger partial charge in [-0.1, -0.05) is 17.7 Å². The minimum Gasteiger partial charge on any atom is -0.382 e. The highest BCUT2D eigenvalue weighted by Crippen LogP contribution is 2.23. The van der Waals surface area contributed by atoms with Crippen molar-refractivity contribution < 1.29 is 13.6 Å². The molecule has 1 amide bonds. The van der Waals surface area contributed by atoms with Crippen LogP contribution >= 0.6 is 11.6 Å². The fourth-order valence-electron chi connectivity index (χ4n) is 1.84. The number of rotatable bonds is 4. The molecule has 2 aromatic rings. The quantitative estimate of drug-likeness (QED) is 0.884. The molecule has 3 nitrogen and oxygen atoms in total. The van der Waals surface area contributed by atoms with Gasteiger partial charge < -0.3 is 10.6 Å². The number of carbonyl (C=O) groups is 1. The maximum atomic E-state index is 13.7. The van der Waals surface area contributed by atoms with Gasteiger partial charge in [0.1, 0.15) is 11.6 Å². The fraction of sp³-hybridized carbons (Fsp3) is 0.133. The van der Waals surface area contributed by atoms with E-state index in [1.807, 2.05) is 0 Å². The topological polar surface area (TPSA) is 41.1 Å². The number of nitrogens with one attached hydrogen (secondary N) is 2. The molecule has 0 heterocycles. The number of carbonyl (C=O) groups excluding carboxylic acids is 1. The predicted octanol–water partition coefficient (Wildman–Crippen LogP) is 4.30. The second-order valence-electron chi connectivity index (χ2n) is 4.28. The molecule has 0 fully saturated rings. The number of anilines is 2. The number of hydrogen-bond acceptors (Lipinski definition) is 2. The molecule has 2 aromatic carbocycles. The minimum absolute atomic E-state index is 0.0982.